The molecule has 2 N–H and O–H groups in total. The van der Waals surface area contributed by atoms with Gasteiger partial charge in [-0.2, -0.15) is 0 Å². The Labute approximate surface area is 214 Å². The first-order chi connectivity index (χ1) is 17.2. The molecule has 0 spiro atoms. The first kappa shape index (κ1) is 26.9. The minimum absolute atomic E-state index is 0.223. The number of hydrogen-bond acceptors (Lipinski definition) is 5. The number of aliphatic carboxylic acids is 1. The molecule has 1 aliphatic carbocycles. The van der Waals surface area contributed by atoms with Crippen LogP contribution in [0.5, 0.6) is 0 Å². The zero-order valence-electron chi connectivity index (χ0n) is 20.1. The van der Waals surface area contributed by atoms with E-state index < -0.39 is 37.0 Å². The van der Waals surface area contributed by atoms with Crippen molar-refractivity contribution in [2.75, 3.05) is 18.2 Å². The van der Waals surface area contributed by atoms with E-state index in [9.17, 15) is 18.8 Å². The fraction of sp³-hybridized carbons (Fsp3) is 0.296. The Morgan fingerprint density at radius 1 is 1.19 bits per heavy atom. The number of amides is 1. The average molecular weight is 515 g/mol. The number of alkyl halides is 1. The SMILES string of the molecule is C/C=C/c1ccccc1N(C(=O)OCC(NC(CC(=O)O)C(=O)CF)=C1CC1)c1ccc(Cl)cc1C. The Kier molecular flexibility index (Phi) is 9.25. The van der Waals surface area contributed by atoms with Crippen LogP contribution < -0.4 is 10.2 Å². The standard InChI is InChI=1S/C27H28ClFN2O5/c1-3-6-19-7-4-5-8-24(19)31(23-12-11-20(28)13-17(23)2)27(35)36-16-22(18-9-10-18)30-21(14-26(33)34)25(32)15-29/h3-8,11-13,21,30H,9-10,14-16H2,1-2H3,(H,33,34)/b6-3+. The van der Waals surface area contributed by atoms with Gasteiger partial charge in [-0.25, -0.2) is 14.1 Å². The van der Waals surface area contributed by atoms with E-state index >= 15 is 0 Å². The summed E-state index contributed by atoms with van der Waals surface area (Å²) in [5.74, 6) is -2.11. The lowest BCUT2D eigenvalue weighted by Crippen LogP contribution is -2.40. The number of aryl methyl sites for hydroxylation is 1. The number of para-hydroxylation sites is 1. The van der Waals surface area contributed by atoms with Gasteiger partial charge in [-0.1, -0.05) is 42.0 Å². The number of carbonyl (C=O) groups excluding carboxylic acids is 2. The molecule has 36 heavy (non-hydrogen) atoms. The maximum absolute atomic E-state index is 13.5. The average Bonchev–Trinajstić information content (AvgIpc) is 3.68. The second kappa shape index (κ2) is 12.4. The Balaban J connectivity index is 1.90. The summed E-state index contributed by atoms with van der Waals surface area (Å²) in [5.41, 5.74) is 4.03. The lowest BCUT2D eigenvalue weighted by Gasteiger charge is -2.26. The number of Topliss-reactive ketones (excluding diaryl/α,β-unsaturated/α-hetero) is 1. The molecule has 190 valence electrons. The maximum atomic E-state index is 13.5. The quantitative estimate of drug-likeness (QED) is 0.383. The lowest BCUT2D eigenvalue weighted by atomic mass is 10.1. The van der Waals surface area contributed by atoms with Crippen LogP contribution >= 0.6 is 11.6 Å². The van der Waals surface area contributed by atoms with Crippen molar-refractivity contribution in [1.82, 2.24) is 5.32 Å². The zero-order valence-corrected chi connectivity index (χ0v) is 20.8. The summed E-state index contributed by atoms with van der Waals surface area (Å²) in [4.78, 5) is 38.1. The van der Waals surface area contributed by atoms with Crippen LogP contribution in [0.15, 0.2) is 59.8 Å². The molecule has 1 saturated carbocycles. The maximum Gasteiger partial charge on any atom is 0.419 e. The van der Waals surface area contributed by atoms with Crippen molar-refractivity contribution in [2.45, 2.75) is 39.2 Å². The minimum Gasteiger partial charge on any atom is -0.481 e. The molecule has 0 aliphatic heterocycles. The van der Waals surface area contributed by atoms with Gasteiger partial charge in [0.25, 0.3) is 0 Å². The van der Waals surface area contributed by atoms with Gasteiger partial charge in [-0.15, -0.1) is 0 Å². The van der Waals surface area contributed by atoms with Gasteiger partial charge >= 0.3 is 12.1 Å². The van der Waals surface area contributed by atoms with Gasteiger partial charge in [0.1, 0.15) is 13.3 Å². The van der Waals surface area contributed by atoms with Crippen molar-refractivity contribution in [2.24, 2.45) is 0 Å². The Morgan fingerprint density at radius 3 is 2.53 bits per heavy atom. The lowest BCUT2D eigenvalue weighted by molar-refractivity contribution is -0.139. The fourth-order valence-corrected chi connectivity index (χ4v) is 3.97. The predicted octanol–water partition coefficient (Wildman–Crippen LogP) is 5.98. The highest BCUT2D eigenvalue weighted by Gasteiger charge is 2.28. The monoisotopic (exact) mass is 514 g/mol. The van der Waals surface area contributed by atoms with E-state index in [0.29, 0.717) is 34.9 Å². The first-order valence-corrected chi connectivity index (χ1v) is 11.9. The van der Waals surface area contributed by atoms with Crippen LogP contribution in [0.3, 0.4) is 0 Å². The van der Waals surface area contributed by atoms with Crippen molar-refractivity contribution >= 4 is 46.9 Å². The van der Waals surface area contributed by atoms with E-state index in [2.05, 4.69) is 5.32 Å². The molecule has 1 aliphatic rings. The third-order valence-corrected chi connectivity index (χ3v) is 5.86. The predicted molar refractivity (Wildman–Crippen MR) is 137 cm³/mol. The van der Waals surface area contributed by atoms with Gasteiger partial charge in [-0.3, -0.25) is 9.59 Å². The largest absolute Gasteiger partial charge is 0.481 e. The molecular weight excluding hydrogens is 487 g/mol. The van der Waals surface area contributed by atoms with E-state index in [4.69, 9.17) is 21.4 Å². The molecule has 0 bridgehead atoms. The number of nitrogens with zero attached hydrogens (tertiary/aromatic N) is 1. The van der Waals surface area contributed by atoms with Gasteiger partial charge < -0.3 is 15.2 Å². The zero-order chi connectivity index (χ0) is 26.2. The second-order valence-electron chi connectivity index (χ2n) is 8.36. The van der Waals surface area contributed by atoms with Crippen LogP contribution in [-0.4, -0.2) is 42.3 Å². The fourth-order valence-electron chi connectivity index (χ4n) is 3.74. The Morgan fingerprint density at radius 2 is 1.92 bits per heavy atom. The van der Waals surface area contributed by atoms with E-state index in [0.717, 1.165) is 16.7 Å². The highest BCUT2D eigenvalue weighted by atomic mass is 35.5. The van der Waals surface area contributed by atoms with Crippen molar-refractivity contribution < 1.29 is 28.6 Å². The minimum atomic E-state index is -1.29. The summed E-state index contributed by atoms with van der Waals surface area (Å²) in [6.45, 7) is 2.19. The van der Waals surface area contributed by atoms with Crippen molar-refractivity contribution in [3.8, 4) is 0 Å². The highest BCUT2D eigenvalue weighted by Crippen LogP contribution is 2.35. The van der Waals surface area contributed by atoms with Crippen LogP contribution in [0.4, 0.5) is 20.6 Å². The molecule has 7 nitrogen and oxygen atoms in total. The van der Waals surface area contributed by atoms with Gasteiger partial charge in [-0.05, 0) is 67.7 Å². The van der Waals surface area contributed by atoms with Gasteiger partial charge in [0.15, 0.2) is 5.78 Å². The molecule has 0 heterocycles. The molecule has 0 radical (unpaired) electrons. The molecule has 0 aromatic heterocycles. The number of carbonyl (C=O) groups is 3. The van der Waals surface area contributed by atoms with Crippen LogP contribution in [-0.2, 0) is 14.3 Å². The summed E-state index contributed by atoms with van der Waals surface area (Å²) in [6, 6.07) is 11.2. The van der Waals surface area contributed by atoms with Crippen LogP contribution in [0.2, 0.25) is 5.02 Å². The van der Waals surface area contributed by atoms with Gasteiger partial charge in [0, 0.05) is 10.7 Å². The summed E-state index contributed by atoms with van der Waals surface area (Å²) in [5, 5.41) is 12.4. The third kappa shape index (κ3) is 6.95. The van der Waals surface area contributed by atoms with Crippen molar-refractivity contribution in [3.05, 3.63) is 76.0 Å². The topological polar surface area (TPSA) is 95.9 Å². The number of carboxylic acids is 1. The van der Waals surface area contributed by atoms with E-state index in [1.54, 1.807) is 24.3 Å². The number of hydrogen-bond donors (Lipinski definition) is 2. The highest BCUT2D eigenvalue weighted by molar-refractivity contribution is 6.30. The van der Waals surface area contributed by atoms with Crippen LogP contribution in [0.25, 0.3) is 6.08 Å². The van der Waals surface area contributed by atoms with E-state index in [1.165, 1.54) is 4.90 Å². The Bertz CT molecular complexity index is 1200. The number of halogens is 2. The molecule has 2 aromatic carbocycles. The molecular formula is C27H28ClFN2O5. The summed E-state index contributed by atoms with van der Waals surface area (Å²) in [6.07, 6.45) is 3.91. The number of ketones is 1. The summed E-state index contributed by atoms with van der Waals surface area (Å²) < 4.78 is 18.7. The smallest absolute Gasteiger partial charge is 0.419 e. The molecule has 1 fully saturated rings. The van der Waals surface area contributed by atoms with Crippen molar-refractivity contribution in [1.29, 1.82) is 0 Å². The van der Waals surface area contributed by atoms with Gasteiger partial charge in [0.2, 0.25) is 0 Å². The summed E-state index contributed by atoms with van der Waals surface area (Å²) >= 11 is 6.14. The summed E-state index contributed by atoms with van der Waals surface area (Å²) in [7, 11) is 0. The molecule has 1 atom stereocenters. The number of carboxylic acid groups (broad SMARTS) is 1. The number of rotatable bonds is 11. The van der Waals surface area contributed by atoms with Gasteiger partial charge in [0.05, 0.1) is 23.8 Å². The third-order valence-electron chi connectivity index (χ3n) is 5.62. The Hall–Kier alpha value is -3.65. The number of ether oxygens (including phenoxy) is 1. The molecule has 0 saturated heterocycles. The molecule has 9 heteroatoms. The van der Waals surface area contributed by atoms with Crippen molar-refractivity contribution in [3.63, 3.8) is 0 Å². The molecule has 1 amide bonds. The molecule has 1 unspecified atom stereocenters. The number of benzene rings is 2. The molecule has 3 rings (SSSR count). The first-order valence-electron chi connectivity index (χ1n) is 11.5. The van der Waals surface area contributed by atoms with Crippen LogP contribution in [0, 0.1) is 6.92 Å². The number of nitrogens with one attached hydrogen (secondary N) is 1. The molecule has 2 aromatic rings. The van der Waals surface area contributed by atoms with E-state index in [-0.39, 0.29) is 6.61 Å². The number of allylic oxidation sites excluding steroid dienone is 2. The van der Waals surface area contributed by atoms with E-state index in [1.807, 2.05) is 44.2 Å². The number of anilines is 2. The van der Waals surface area contributed by atoms with Crippen LogP contribution in [0.1, 0.15) is 37.3 Å². The second-order valence-corrected chi connectivity index (χ2v) is 8.79. The normalized spacial score (nSPS) is 13.3.